The number of hydrogen-bond donors (Lipinski definition) is 3. The molecule has 1 aromatic rings. The van der Waals surface area contributed by atoms with Gasteiger partial charge in [0.25, 0.3) is 5.91 Å². The fourth-order valence-electron chi connectivity index (χ4n) is 2.64. The van der Waals surface area contributed by atoms with E-state index in [0.29, 0.717) is 18.7 Å². The van der Waals surface area contributed by atoms with Crippen molar-refractivity contribution in [3.8, 4) is 0 Å². The van der Waals surface area contributed by atoms with Crippen LogP contribution in [-0.2, 0) is 10.2 Å². The normalized spacial score (nSPS) is 14.0. The zero-order chi connectivity index (χ0) is 18.3. The van der Waals surface area contributed by atoms with E-state index in [1.54, 1.807) is 0 Å². The highest BCUT2D eigenvalue weighted by Gasteiger charge is 2.14. The van der Waals surface area contributed by atoms with Crippen LogP contribution in [0.3, 0.4) is 0 Å². The Morgan fingerprint density at radius 3 is 2.38 bits per heavy atom. The number of rotatable bonds is 6. The Labute approximate surface area is 162 Å². The van der Waals surface area contributed by atoms with Crippen molar-refractivity contribution >= 4 is 24.2 Å². The summed E-state index contributed by atoms with van der Waals surface area (Å²) in [4.78, 5) is 24.0. The largest absolute Gasteiger partial charge is 0.352 e. The van der Waals surface area contributed by atoms with Gasteiger partial charge in [-0.3, -0.25) is 9.59 Å². The van der Waals surface area contributed by atoms with Gasteiger partial charge in [0.1, 0.15) is 0 Å². The Kier molecular flexibility index (Phi) is 8.82. The van der Waals surface area contributed by atoms with Crippen molar-refractivity contribution in [1.82, 2.24) is 16.0 Å². The maximum atomic E-state index is 12.1. The lowest BCUT2D eigenvalue weighted by atomic mass is 9.87. The molecule has 2 amide bonds. The third-order valence-electron chi connectivity index (χ3n) is 4.32. The number of carbonyl (C=O) groups is 2. The van der Waals surface area contributed by atoms with E-state index >= 15 is 0 Å². The molecule has 0 radical (unpaired) electrons. The summed E-state index contributed by atoms with van der Waals surface area (Å²) < 4.78 is 0. The van der Waals surface area contributed by atoms with E-state index in [-0.39, 0.29) is 36.1 Å². The number of amides is 2. The van der Waals surface area contributed by atoms with Crippen molar-refractivity contribution in [2.75, 3.05) is 26.2 Å². The third-order valence-corrected chi connectivity index (χ3v) is 4.32. The smallest absolute Gasteiger partial charge is 0.251 e. The van der Waals surface area contributed by atoms with E-state index in [1.807, 2.05) is 24.3 Å². The zero-order valence-corrected chi connectivity index (χ0v) is 16.7. The molecule has 1 aliphatic heterocycles. The van der Waals surface area contributed by atoms with Crippen LogP contribution in [0.4, 0.5) is 0 Å². The summed E-state index contributed by atoms with van der Waals surface area (Å²) in [5.74, 6) is -0.183. The number of hydrogen-bond acceptors (Lipinski definition) is 3. The van der Waals surface area contributed by atoms with Gasteiger partial charge in [0.05, 0.1) is 0 Å². The number of benzene rings is 1. The van der Waals surface area contributed by atoms with E-state index in [0.717, 1.165) is 19.5 Å². The van der Waals surface area contributed by atoms with Gasteiger partial charge in [-0.15, -0.1) is 12.4 Å². The molecule has 0 atom stereocenters. The van der Waals surface area contributed by atoms with Crippen LogP contribution in [0.1, 0.15) is 49.5 Å². The minimum Gasteiger partial charge on any atom is -0.352 e. The van der Waals surface area contributed by atoms with Gasteiger partial charge < -0.3 is 16.0 Å². The first-order chi connectivity index (χ1) is 11.9. The summed E-state index contributed by atoms with van der Waals surface area (Å²) in [6, 6.07) is 7.63. The second-order valence-electron chi connectivity index (χ2n) is 7.43. The van der Waals surface area contributed by atoms with Crippen LogP contribution < -0.4 is 16.0 Å². The molecule has 0 aliphatic carbocycles. The first-order valence-corrected chi connectivity index (χ1v) is 8.90. The molecule has 0 bridgehead atoms. The zero-order valence-electron chi connectivity index (χ0n) is 15.9. The second kappa shape index (κ2) is 10.3. The van der Waals surface area contributed by atoms with Crippen LogP contribution in [0.5, 0.6) is 0 Å². The van der Waals surface area contributed by atoms with Gasteiger partial charge in [-0.05, 0) is 36.1 Å². The second-order valence-corrected chi connectivity index (χ2v) is 7.43. The first kappa shape index (κ1) is 22.2. The number of halogens is 1. The fourth-order valence-corrected chi connectivity index (χ4v) is 2.64. The summed E-state index contributed by atoms with van der Waals surface area (Å²) in [6.45, 7) is 9.19. The predicted molar refractivity (Wildman–Crippen MR) is 108 cm³/mol. The summed E-state index contributed by atoms with van der Waals surface area (Å²) in [5, 5.41) is 8.94. The van der Waals surface area contributed by atoms with Crippen LogP contribution >= 0.6 is 12.4 Å². The van der Waals surface area contributed by atoms with Crippen molar-refractivity contribution in [3.63, 3.8) is 0 Å². The molecule has 5 nitrogen and oxygen atoms in total. The molecular formula is C20H30ClN3O2. The third kappa shape index (κ3) is 7.18. The lowest BCUT2D eigenvalue weighted by Crippen LogP contribution is -2.33. The van der Waals surface area contributed by atoms with Crippen LogP contribution in [0.2, 0.25) is 0 Å². The molecule has 1 aromatic carbocycles. The minimum atomic E-state index is -0.144. The van der Waals surface area contributed by atoms with Crippen LogP contribution in [0, 0.1) is 0 Å². The highest BCUT2D eigenvalue weighted by Crippen LogP contribution is 2.22. The van der Waals surface area contributed by atoms with Crippen molar-refractivity contribution in [3.05, 3.63) is 47.0 Å². The minimum absolute atomic E-state index is 0. The monoisotopic (exact) mass is 379 g/mol. The number of nitrogens with one attached hydrogen (secondary N) is 3. The Balaban J connectivity index is 0.00000338. The lowest BCUT2D eigenvalue weighted by molar-refractivity contribution is -0.120. The fraction of sp³-hybridized carbons (Fsp3) is 0.500. The van der Waals surface area contributed by atoms with E-state index in [9.17, 15) is 9.59 Å². The summed E-state index contributed by atoms with van der Waals surface area (Å²) in [7, 11) is 0. The highest BCUT2D eigenvalue weighted by molar-refractivity contribution is 5.94. The van der Waals surface area contributed by atoms with Crippen molar-refractivity contribution in [2.45, 2.75) is 39.0 Å². The molecule has 144 valence electrons. The molecule has 0 saturated carbocycles. The Bertz CT molecular complexity index is 633. The van der Waals surface area contributed by atoms with Crippen LogP contribution in [0.15, 0.2) is 35.9 Å². The molecule has 0 saturated heterocycles. The molecule has 1 aliphatic rings. The molecule has 0 aromatic heterocycles. The molecule has 1 heterocycles. The molecule has 3 N–H and O–H groups in total. The molecule has 2 rings (SSSR count). The van der Waals surface area contributed by atoms with E-state index in [2.05, 4.69) is 42.8 Å². The average molecular weight is 380 g/mol. The lowest BCUT2D eigenvalue weighted by Gasteiger charge is -2.19. The molecule has 6 heteroatoms. The van der Waals surface area contributed by atoms with Crippen LogP contribution in [0.25, 0.3) is 0 Å². The van der Waals surface area contributed by atoms with Crippen molar-refractivity contribution in [1.29, 1.82) is 0 Å². The van der Waals surface area contributed by atoms with Crippen molar-refractivity contribution < 1.29 is 9.59 Å². The van der Waals surface area contributed by atoms with Gasteiger partial charge in [0.15, 0.2) is 0 Å². The topological polar surface area (TPSA) is 70.2 Å². The molecular weight excluding hydrogens is 350 g/mol. The quantitative estimate of drug-likeness (QED) is 0.665. The van der Waals surface area contributed by atoms with Gasteiger partial charge in [0, 0.05) is 31.6 Å². The first-order valence-electron chi connectivity index (χ1n) is 8.90. The van der Waals surface area contributed by atoms with Gasteiger partial charge in [-0.2, -0.15) is 0 Å². The van der Waals surface area contributed by atoms with E-state index in [1.165, 1.54) is 11.1 Å². The van der Waals surface area contributed by atoms with Gasteiger partial charge >= 0.3 is 0 Å². The maximum Gasteiger partial charge on any atom is 0.251 e. The summed E-state index contributed by atoms with van der Waals surface area (Å²) >= 11 is 0. The number of carbonyl (C=O) groups excluding carboxylic acids is 2. The Morgan fingerprint density at radius 2 is 1.81 bits per heavy atom. The van der Waals surface area contributed by atoms with Gasteiger partial charge in [0.2, 0.25) is 5.91 Å². The molecule has 0 spiro atoms. The Morgan fingerprint density at radius 1 is 1.12 bits per heavy atom. The van der Waals surface area contributed by atoms with Gasteiger partial charge in [-0.25, -0.2) is 0 Å². The highest BCUT2D eigenvalue weighted by atomic mass is 35.5. The van der Waals surface area contributed by atoms with E-state index < -0.39 is 0 Å². The van der Waals surface area contributed by atoms with Crippen molar-refractivity contribution in [2.24, 2.45) is 0 Å². The predicted octanol–water partition coefficient (Wildman–Crippen LogP) is 2.56. The standard InChI is InChI=1S/C20H29N3O2.ClH/c1-20(2,3)17-6-4-16(5-7-17)19(25)22-13-10-18(24)23-14-15-8-11-21-12-9-15;/h4-8,21H,9-14H2,1-3H3,(H,22,25)(H,23,24);1H. The SMILES string of the molecule is CC(C)(C)c1ccc(C(=O)NCCC(=O)NCC2=CCNCC2)cc1.Cl. The molecule has 0 fully saturated rings. The van der Waals surface area contributed by atoms with E-state index in [4.69, 9.17) is 0 Å². The van der Waals surface area contributed by atoms with Crippen LogP contribution in [-0.4, -0.2) is 38.0 Å². The Hall–Kier alpha value is -1.85. The summed E-state index contributed by atoms with van der Waals surface area (Å²) in [5.41, 5.74) is 3.13. The molecule has 26 heavy (non-hydrogen) atoms. The average Bonchev–Trinajstić information content (AvgIpc) is 2.60. The maximum absolute atomic E-state index is 12.1. The summed E-state index contributed by atoms with van der Waals surface area (Å²) in [6.07, 6.45) is 3.38. The van der Waals surface area contributed by atoms with Gasteiger partial charge in [-0.1, -0.05) is 44.6 Å². The molecule has 0 unspecified atom stereocenters.